The molecule has 0 aliphatic carbocycles. The Bertz CT molecular complexity index is 1060. The molecule has 1 aromatic heterocycles. The van der Waals surface area contributed by atoms with Crippen LogP contribution in [0.5, 0.6) is 5.75 Å². The van der Waals surface area contributed by atoms with Crippen LogP contribution in [0.4, 0.5) is 9.52 Å². The summed E-state index contributed by atoms with van der Waals surface area (Å²) in [5.74, 6) is 1.12. The van der Waals surface area contributed by atoms with Gasteiger partial charge in [-0.2, -0.15) is 0 Å². The molecule has 34 heavy (non-hydrogen) atoms. The molecule has 1 aliphatic rings. The van der Waals surface area contributed by atoms with E-state index in [0.717, 1.165) is 54.6 Å². The first kappa shape index (κ1) is 26.7. The predicted octanol–water partition coefficient (Wildman–Crippen LogP) is 5.10. The lowest BCUT2D eigenvalue weighted by molar-refractivity contribution is -0.118. The quantitative estimate of drug-likeness (QED) is 0.343. The minimum Gasteiger partial charge on any atom is -0.497 e. The number of carbonyl (C=O) groups is 1. The molecule has 1 amide bonds. The summed E-state index contributed by atoms with van der Waals surface area (Å²) in [4.78, 5) is 22.9. The zero-order valence-corrected chi connectivity index (χ0v) is 21.5. The molecule has 6 nitrogen and oxygen atoms in total. The van der Waals surface area contributed by atoms with Crippen LogP contribution in [0.2, 0.25) is 0 Å². The molecule has 0 saturated carbocycles. The van der Waals surface area contributed by atoms with Crippen LogP contribution in [0, 0.1) is 5.82 Å². The number of rotatable bonds is 10. The Morgan fingerprint density at radius 1 is 1.24 bits per heavy atom. The Hall–Kier alpha value is -1.91. The Morgan fingerprint density at radius 3 is 2.71 bits per heavy atom. The van der Waals surface area contributed by atoms with Gasteiger partial charge in [-0.3, -0.25) is 14.6 Å². The lowest BCUT2D eigenvalue weighted by atomic mass is 10.3. The Labute approximate surface area is 213 Å². The number of halogens is 2. The standard InChI is InChI=1S/C24H28FN3O3S2.ClH/c1-30-18-6-8-19(9-7-18)32-17-10-22(29)28(12-3-11-27-13-15-31-16-14-27)24-26-23-20(25)4-2-5-21(23)33-24;/h2,4-9H,3,10-17H2,1H3;1H. The van der Waals surface area contributed by atoms with E-state index >= 15 is 0 Å². The van der Waals surface area contributed by atoms with Gasteiger partial charge in [0.1, 0.15) is 17.1 Å². The van der Waals surface area contributed by atoms with E-state index in [2.05, 4.69) is 9.88 Å². The number of amides is 1. The van der Waals surface area contributed by atoms with Crippen LogP contribution in [0.1, 0.15) is 12.8 Å². The molecular formula is C24H29ClFN3O3S2. The second-order valence-electron chi connectivity index (χ2n) is 7.71. The van der Waals surface area contributed by atoms with Crippen molar-refractivity contribution in [2.75, 3.05) is 57.2 Å². The maximum Gasteiger partial charge on any atom is 0.229 e. The van der Waals surface area contributed by atoms with Gasteiger partial charge >= 0.3 is 0 Å². The average Bonchev–Trinajstić information content (AvgIpc) is 3.28. The van der Waals surface area contributed by atoms with Gasteiger partial charge in [0.2, 0.25) is 5.91 Å². The Kier molecular flexibility index (Phi) is 10.4. The van der Waals surface area contributed by atoms with Gasteiger partial charge in [-0.05, 0) is 42.8 Å². The van der Waals surface area contributed by atoms with Gasteiger partial charge in [0.05, 0.1) is 25.0 Å². The zero-order valence-electron chi connectivity index (χ0n) is 19.1. The molecule has 0 atom stereocenters. The Balaban J connectivity index is 0.00000324. The Morgan fingerprint density at radius 2 is 2.00 bits per heavy atom. The second kappa shape index (κ2) is 13.3. The fourth-order valence-electron chi connectivity index (χ4n) is 3.69. The van der Waals surface area contributed by atoms with Crippen molar-refractivity contribution < 1.29 is 18.7 Å². The fraction of sp³-hybridized carbons (Fsp3) is 0.417. The molecule has 10 heteroatoms. The minimum absolute atomic E-state index is 0. The SMILES string of the molecule is COc1ccc(SCCC(=O)N(CCCN2CCOCC2)c2nc3c(F)cccc3s2)cc1.Cl. The van der Waals surface area contributed by atoms with Crippen molar-refractivity contribution in [2.45, 2.75) is 17.7 Å². The van der Waals surface area contributed by atoms with Crippen LogP contribution < -0.4 is 9.64 Å². The van der Waals surface area contributed by atoms with Gasteiger partial charge in [0, 0.05) is 43.2 Å². The molecular weight excluding hydrogens is 497 g/mol. The van der Waals surface area contributed by atoms with Gasteiger partial charge in [0.15, 0.2) is 5.13 Å². The number of aromatic nitrogens is 1. The monoisotopic (exact) mass is 525 g/mol. The molecule has 4 rings (SSSR count). The maximum atomic E-state index is 14.2. The van der Waals surface area contributed by atoms with Crippen molar-refractivity contribution in [3.8, 4) is 5.75 Å². The number of morpholine rings is 1. The lowest BCUT2D eigenvalue weighted by Gasteiger charge is -2.27. The maximum absolute atomic E-state index is 14.2. The van der Waals surface area contributed by atoms with Gasteiger partial charge < -0.3 is 9.47 Å². The van der Waals surface area contributed by atoms with Gasteiger partial charge in [-0.1, -0.05) is 17.4 Å². The molecule has 1 aliphatic heterocycles. The molecule has 0 unspecified atom stereocenters. The number of carbonyl (C=O) groups excluding carboxylic acids is 1. The first-order valence-electron chi connectivity index (χ1n) is 11.1. The second-order valence-corrected chi connectivity index (χ2v) is 9.89. The molecule has 0 N–H and O–H groups in total. The normalized spacial score (nSPS) is 14.1. The van der Waals surface area contributed by atoms with E-state index in [1.165, 1.54) is 17.4 Å². The van der Waals surface area contributed by atoms with Gasteiger partial charge in [-0.15, -0.1) is 24.2 Å². The van der Waals surface area contributed by atoms with Crippen LogP contribution in [0.3, 0.4) is 0 Å². The van der Waals surface area contributed by atoms with E-state index in [0.29, 0.717) is 29.4 Å². The summed E-state index contributed by atoms with van der Waals surface area (Å²) in [5.41, 5.74) is 0.330. The first-order chi connectivity index (χ1) is 16.1. The third-order valence-corrected chi connectivity index (χ3v) is 7.55. The summed E-state index contributed by atoms with van der Waals surface area (Å²) < 4.78 is 25.6. The van der Waals surface area contributed by atoms with Crippen LogP contribution >= 0.6 is 35.5 Å². The molecule has 2 aromatic carbocycles. The van der Waals surface area contributed by atoms with Crippen LogP contribution in [-0.2, 0) is 9.53 Å². The molecule has 3 aromatic rings. The number of hydrogen-bond acceptors (Lipinski definition) is 7. The van der Waals surface area contributed by atoms with Crippen LogP contribution in [0.25, 0.3) is 10.2 Å². The third-order valence-electron chi connectivity index (χ3n) is 5.49. The topological polar surface area (TPSA) is 54.9 Å². The van der Waals surface area contributed by atoms with Crippen molar-refractivity contribution in [2.24, 2.45) is 0 Å². The van der Waals surface area contributed by atoms with Crippen molar-refractivity contribution in [3.05, 3.63) is 48.3 Å². The smallest absolute Gasteiger partial charge is 0.229 e. The zero-order chi connectivity index (χ0) is 23.0. The van der Waals surface area contributed by atoms with E-state index < -0.39 is 0 Å². The molecule has 0 radical (unpaired) electrons. The number of ether oxygens (including phenoxy) is 2. The molecule has 184 valence electrons. The average molecular weight is 526 g/mol. The highest BCUT2D eigenvalue weighted by Crippen LogP contribution is 2.31. The van der Waals surface area contributed by atoms with Crippen molar-refractivity contribution in [1.29, 1.82) is 0 Å². The van der Waals surface area contributed by atoms with E-state index in [4.69, 9.17) is 9.47 Å². The largest absolute Gasteiger partial charge is 0.497 e. The van der Waals surface area contributed by atoms with E-state index in [1.54, 1.807) is 29.8 Å². The lowest BCUT2D eigenvalue weighted by Crippen LogP contribution is -2.39. The summed E-state index contributed by atoms with van der Waals surface area (Å²) >= 11 is 3.00. The minimum atomic E-state index is -0.356. The summed E-state index contributed by atoms with van der Waals surface area (Å²) in [7, 11) is 1.64. The summed E-state index contributed by atoms with van der Waals surface area (Å²) in [6.45, 7) is 4.79. The number of thiazole rings is 1. The molecule has 0 bridgehead atoms. The van der Waals surface area contributed by atoms with Crippen LogP contribution in [-0.4, -0.2) is 68.0 Å². The predicted molar refractivity (Wildman–Crippen MR) is 139 cm³/mol. The number of nitrogens with zero attached hydrogens (tertiary/aromatic N) is 3. The fourth-order valence-corrected chi connectivity index (χ4v) is 5.55. The number of thioether (sulfide) groups is 1. The van der Waals surface area contributed by atoms with Gasteiger partial charge in [0.25, 0.3) is 0 Å². The summed E-state index contributed by atoms with van der Waals surface area (Å²) in [6.07, 6.45) is 1.21. The van der Waals surface area contributed by atoms with Crippen molar-refractivity contribution in [1.82, 2.24) is 9.88 Å². The highest BCUT2D eigenvalue weighted by atomic mass is 35.5. The molecule has 0 spiro atoms. The highest BCUT2D eigenvalue weighted by molar-refractivity contribution is 7.99. The number of benzene rings is 2. The number of fused-ring (bicyclic) bond motifs is 1. The summed E-state index contributed by atoms with van der Waals surface area (Å²) in [6, 6.07) is 12.7. The van der Waals surface area contributed by atoms with Crippen molar-refractivity contribution >= 4 is 56.8 Å². The number of hydrogen-bond donors (Lipinski definition) is 0. The van der Waals surface area contributed by atoms with Crippen molar-refractivity contribution in [3.63, 3.8) is 0 Å². The third kappa shape index (κ3) is 7.05. The number of methoxy groups -OCH3 is 1. The number of anilines is 1. The van der Waals surface area contributed by atoms with Gasteiger partial charge in [-0.25, -0.2) is 9.37 Å². The summed E-state index contributed by atoms with van der Waals surface area (Å²) in [5, 5.41) is 0.566. The molecule has 2 heterocycles. The van der Waals surface area contributed by atoms with Crippen LogP contribution in [0.15, 0.2) is 47.4 Å². The molecule has 1 saturated heterocycles. The van der Waals surface area contributed by atoms with E-state index in [-0.39, 0.29) is 24.1 Å². The van der Waals surface area contributed by atoms with E-state index in [1.807, 2.05) is 30.3 Å². The first-order valence-corrected chi connectivity index (χ1v) is 12.9. The number of para-hydroxylation sites is 1. The molecule has 1 fully saturated rings. The van der Waals surface area contributed by atoms with E-state index in [9.17, 15) is 9.18 Å². The highest BCUT2D eigenvalue weighted by Gasteiger charge is 2.21.